The van der Waals surface area contributed by atoms with E-state index in [-0.39, 0.29) is 12.5 Å². The van der Waals surface area contributed by atoms with Crippen molar-refractivity contribution in [2.75, 3.05) is 7.05 Å². The number of benzene rings is 1. The lowest BCUT2D eigenvalue weighted by Gasteiger charge is -2.05. The van der Waals surface area contributed by atoms with Crippen LogP contribution in [0.1, 0.15) is 21.5 Å². The molecule has 3 nitrogen and oxygen atoms in total. The summed E-state index contributed by atoms with van der Waals surface area (Å²) in [5, 5.41) is 9.04. The van der Waals surface area contributed by atoms with Gasteiger partial charge in [-0.15, -0.1) is 0 Å². The molecule has 3 heteroatoms. The van der Waals surface area contributed by atoms with Gasteiger partial charge in [-0.3, -0.25) is 4.79 Å². The first-order valence-corrected chi connectivity index (χ1v) is 4.21. The Hall–Kier alpha value is -1.35. The Kier molecular flexibility index (Phi) is 1.81. The topological polar surface area (TPSA) is 40.5 Å². The molecule has 0 aliphatic carbocycles. The second-order valence-electron chi connectivity index (χ2n) is 3.27. The number of nitrogens with zero attached hydrogens (tertiary/aromatic N) is 1. The van der Waals surface area contributed by atoms with E-state index in [9.17, 15) is 4.79 Å². The number of aliphatic hydroxyl groups is 1. The second kappa shape index (κ2) is 2.85. The quantitative estimate of drug-likeness (QED) is 0.688. The van der Waals surface area contributed by atoms with Gasteiger partial charge >= 0.3 is 0 Å². The Morgan fingerprint density at radius 3 is 3.00 bits per heavy atom. The third-order valence-corrected chi connectivity index (χ3v) is 2.38. The third-order valence-electron chi connectivity index (χ3n) is 2.38. The standard InChI is InChI=1S/C10H11NO2/c1-11-5-7-3-2-4-8(6-12)9(7)10(11)13/h2-4,12H,5-6H2,1H3. The zero-order valence-electron chi connectivity index (χ0n) is 7.45. The fourth-order valence-corrected chi connectivity index (χ4v) is 1.71. The molecule has 1 heterocycles. The molecule has 0 unspecified atom stereocenters. The minimum absolute atomic E-state index is 0.0136. The molecule has 1 aliphatic heterocycles. The molecule has 2 rings (SSSR count). The first-order valence-electron chi connectivity index (χ1n) is 4.21. The molecule has 13 heavy (non-hydrogen) atoms. The van der Waals surface area contributed by atoms with E-state index >= 15 is 0 Å². The molecule has 1 aromatic rings. The highest BCUT2D eigenvalue weighted by molar-refractivity contribution is 5.99. The van der Waals surface area contributed by atoms with Crippen LogP contribution in [0.2, 0.25) is 0 Å². The maximum Gasteiger partial charge on any atom is 0.254 e. The second-order valence-corrected chi connectivity index (χ2v) is 3.27. The minimum atomic E-state index is -0.0667. The highest BCUT2D eigenvalue weighted by Crippen LogP contribution is 2.24. The third kappa shape index (κ3) is 1.12. The summed E-state index contributed by atoms with van der Waals surface area (Å²) in [6, 6.07) is 5.59. The number of hydrogen-bond donors (Lipinski definition) is 1. The van der Waals surface area contributed by atoms with Crippen LogP contribution in [0.4, 0.5) is 0 Å². The van der Waals surface area contributed by atoms with Gasteiger partial charge < -0.3 is 10.0 Å². The lowest BCUT2D eigenvalue weighted by molar-refractivity contribution is 0.0814. The molecule has 0 saturated heterocycles. The van der Waals surface area contributed by atoms with Gasteiger partial charge in [0.25, 0.3) is 5.91 Å². The van der Waals surface area contributed by atoms with Crippen molar-refractivity contribution in [3.63, 3.8) is 0 Å². The average Bonchev–Trinajstić information content (AvgIpc) is 2.43. The van der Waals surface area contributed by atoms with Crippen LogP contribution in [0.15, 0.2) is 18.2 Å². The van der Waals surface area contributed by atoms with Crippen LogP contribution in [0.3, 0.4) is 0 Å². The van der Waals surface area contributed by atoms with Crippen molar-refractivity contribution >= 4 is 5.91 Å². The van der Waals surface area contributed by atoms with Crippen LogP contribution in [-0.2, 0) is 13.2 Å². The summed E-state index contributed by atoms with van der Waals surface area (Å²) in [5.74, 6) is 0.0136. The van der Waals surface area contributed by atoms with E-state index in [1.807, 2.05) is 12.1 Å². The SMILES string of the molecule is CN1Cc2cccc(CO)c2C1=O. The van der Waals surface area contributed by atoms with Crippen molar-refractivity contribution in [3.05, 3.63) is 34.9 Å². The number of hydrogen-bond acceptors (Lipinski definition) is 2. The normalized spacial score (nSPS) is 14.9. The maximum atomic E-state index is 11.6. The van der Waals surface area contributed by atoms with Crippen LogP contribution in [0, 0.1) is 0 Å². The molecule has 0 atom stereocenters. The van der Waals surface area contributed by atoms with Crippen molar-refractivity contribution in [2.24, 2.45) is 0 Å². The average molecular weight is 177 g/mol. The molecule has 1 amide bonds. The largest absolute Gasteiger partial charge is 0.392 e. The summed E-state index contributed by atoms with van der Waals surface area (Å²) in [7, 11) is 1.77. The first kappa shape index (κ1) is 8.26. The van der Waals surface area contributed by atoms with Gasteiger partial charge in [-0.2, -0.15) is 0 Å². The van der Waals surface area contributed by atoms with E-state index in [0.717, 1.165) is 11.1 Å². The fraction of sp³-hybridized carbons (Fsp3) is 0.300. The van der Waals surface area contributed by atoms with Gasteiger partial charge in [0, 0.05) is 13.6 Å². The van der Waals surface area contributed by atoms with Gasteiger partial charge in [0.05, 0.1) is 12.2 Å². The molecule has 1 aromatic carbocycles. The van der Waals surface area contributed by atoms with Gasteiger partial charge in [0.15, 0.2) is 0 Å². The lowest BCUT2D eigenvalue weighted by atomic mass is 10.0. The molecule has 1 N–H and O–H groups in total. The Morgan fingerprint density at radius 2 is 2.31 bits per heavy atom. The number of aliphatic hydroxyl groups excluding tert-OH is 1. The Labute approximate surface area is 76.6 Å². The van der Waals surface area contributed by atoms with Gasteiger partial charge in [0.2, 0.25) is 0 Å². The van der Waals surface area contributed by atoms with E-state index in [2.05, 4.69) is 0 Å². The smallest absolute Gasteiger partial charge is 0.254 e. The van der Waals surface area contributed by atoms with Gasteiger partial charge in [-0.1, -0.05) is 18.2 Å². The van der Waals surface area contributed by atoms with E-state index in [4.69, 9.17) is 5.11 Å². The molecular formula is C10H11NO2. The van der Waals surface area contributed by atoms with Crippen LogP contribution >= 0.6 is 0 Å². The summed E-state index contributed by atoms with van der Waals surface area (Å²) in [6.07, 6.45) is 0. The summed E-state index contributed by atoms with van der Waals surface area (Å²) in [5.41, 5.74) is 2.43. The molecule has 0 fully saturated rings. The predicted octanol–water partition coefficient (Wildman–Crippen LogP) is 0.764. The molecule has 0 bridgehead atoms. The van der Waals surface area contributed by atoms with Crippen molar-refractivity contribution in [3.8, 4) is 0 Å². The highest BCUT2D eigenvalue weighted by Gasteiger charge is 2.26. The first-order chi connectivity index (χ1) is 6.24. The fourth-order valence-electron chi connectivity index (χ4n) is 1.71. The zero-order valence-corrected chi connectivity index (χ0v) is 7.45. The summed E-state index contributed by atoms with van der Waals surface area (Å²) >= 11 is 0. The maximum absolute atomic E-state index is 11.6. The van der Waals surface area contributed by atoms with Crippen LogP contribution in [0.25, 0.3) is 0 Å². The molecule has 68 valence electrons. The predicted molar refractivity (Wildman–Crippen MR) is 48.2 cm³/mol. The number of amides is 1. The molecule has 0 spiro atoms. The minimum Gasteiger partial charge on any atom is -0.392 e. The van der Waals surface area contributed by atoms with Crippen molar-refractivity contribution in [1.82, 2.24) is 4.90 Å². The number of carbonyl (C=O) groups is 1. The van der Waals surface area contributed by atoms with Crippen LogP contribution < -0.4 is 0 Å². The van der Waals surface area contributed by atoms with Gasteiger partial charge in [-0.25, -0.2) is 0 Å². The van der Waals surface area contributed by atoms with E-state index < -0.39 is 0 Å². The van der Waals surface area contributed by atoms with E-state index in [0.29, 0.717) is 12.1 Å². The Balaban J connectivity index is 2.58. The summed E-state index contributed by atoms with van der Waals surface area (Å²) < 4.78 is 0. The van der Waals surface area contributed by atoms with Crippen molar-refractivity contribution in [2.45, 2.75) is 13.2 Å². The Morgan fingerprint density at radius 1 is 1.54 bits per heavy atom. The van der Waals surface area contributed by atoms with Gasteiger partial charge in [0.1, 0.15) is 0 Å². The van der Waals surface area contributed by atoms with E-state index in [1.54, 1.807) is 18.0 Å². The lowest BCUT2D eigenvalue weighted by Crippen LogP contribution is -2.18. The molecule has 1 aliphatic rings. The van der Waals surface area contributed by atoms with Crippen molar-refractivity contribution < 1.29 is 9.90 Å². The molecular weight excluding hydrogens is 166 g/mol. The monoisotopic (exact) mass is 177 g/mol. The summed E-state index contributed by atoms with van der Waals surface area (Å²) in [6.45, 7) is 0.588. The molecule has 0 radical (unpaired) electrons. The van der Waals surface area contributed by atoms with Crippen molar-refractivity contribution in [1.29, 1.82) is 0 Å². The Bertz CT molecular complexity index is 360. The molecule has 0 saturated carbocycles. The number of fused-ring (bicyclic) bond motifs is 1. The number of rotatable bonds is 1. The van der Waals surface area contributed by atoms with E-state index in [1.165, 1.54) is 0 Å². The van der Waals surface area contributed by atoms with Crippen LogP contribution in [0.5, 0.6) is 0 Å². The van der Waals surface area contributed by atoms with Crippen LogP contribution in [-0.4, -0.2) is 23.0 Å². The molecule has 0 aromatic heterocycles. The summed E-state index contributed by atoms with van der Waals surface area (Å²) in [4.78, 5) is 13.2. The number of carbonyl (C=O) groups excluding carboxylic acids is 1. The van der Waals surface area contributed by atoms with Gasteiger partial charge in [-0.05, 0) is 11.1 Å². The zero-order chi connectivity index (χ0) is 9.42. The highest BCUT2D eigenvalue weighted by atomic mass is 16.3.